The number of hydrogen-bond acceptors (Lipinski definition) is 7. The summed E-state index contributed by atoms with van der Waals surface area (Å²) >= 11 is 0. The van der Waals surface area contributed by atoms with E-state index in [4.69, 9.17) is 9.47 Å². The Morgan fingerprint density at radius 1 is 1.05 bits per heavy atom. The molecule has 3 atom stereocenters. The summed E-state index contributed by atoms with van der Waals surface area (Å²) in [6.07, 6.45) is 1.31. The van der Waals surface area contributed by atoms with Gasteiger partial charge in [0, 0.05) is 43.1 Å². The molecule has 1 aliphatic heterocycles. The van der Waals surface area contributed by atoms with Crippen LogP contribution in [0.15, 0.2) is 42.5 Å². The molecule has 0 bridgehead atoms. The average molecular weight is 596 g/mol. The first-order valence-corrected chi connectivity index (χ1v) is 14.5. The van der Waals surface area contributed by atoms with Crippen LogP contribution in [0.2, 0.25) is 0 Å². The van der Waals surface area contributed by atoms with E-state index in [1.54, 1.807) is 12.2 Å². The van der Waals surface area contributed by atoms with Crippen molar-refractivity contribution in [2.24, 2.45) is 0 Å². The van der Waals surface area contributed by atoms with Crippen molar-refractivity contribution in [3.8, 4) is 17.0 Å². The Kier molecular flexibility index (Phi) is 9.00. The maximum atomic E-state index is 14.1. The van der Waals surface area contributed by atoms with Gasteiger partial charge in [0.2, 0.25) is 22.3 Å². The van der Waals surface area contributed by atoms with Crippen molar-refractivity contribution in [1.29, 1.82) is 0 Å². The van der Waals surface area contributed by atoms with E-state index in [9.17, 15) is 31.1 Å². The van der Waals surface area contributed by atoms with Gasteiger partial charge in [-0.1, -0.05) is 26.0 Å². The van der Waals surface area contributed by atoms with Crippen LogP contribution in [0.3, 0.4) is 0 Å². The topological polar surface area (TPSA) is 102 Å². The van der Waals surface area contributed by atoms with Crippen LogP contribution in [-0.2, 0) is 14.8 Å². The number of aliphatic hydroxyl groups is 1. The lowest BCUT2D eigenvalue weighted by molar-refractivity contribution is -0.163. The van der Waals surface area contributed by atoms with Gasteiger partial charge in [0.25, 0.3) is 0 Å². The molecule has 3 aromatic rings. The standard InChI is InChI=1S/C28H29F4N3O5S/c1-15(2)25-21(26(16-5-7-17(29)8-6-16)34-28(33-25)35(3)41(4,37)38)10-9-20-13-19(36)14-24(39-20)40-27-22(31)11-18(30)12-23(27)32/h5-12,15,19-20,24,36H,13-14H2,1-4H3. The van der Waals surface area contributed by atoms with Crippen LogP contribution in [-0.4, -0.2) is 55.3 Å². The SMILES string of the molecule is CC(C)c1nc(N(C)S(C)(=O)=O)nc(-c2ccc(F)cc2)c1C=CC1CC(O)CC(Oc2c(F)cc(F)cc2F)O1. The maximum absolute atomic E-state index is 14.1. The van der Waals surface area contributed by atoms with E-state index in [1.807, 2.05) is 13.8 Å². The number of halogens is 4. The summed E-state index contributed by atoms with van der Waals surface area (Å²) in [5.41, 5.74) is 1.80. The van der Waals surface area contributed by atoms with Crippen LogP contribution in [0.25, 0.3) is 17.3 Å². The number of aliphatic hydroxyl groups excluding tert-OH is 1. The molecule has 8 nitrogen and oxygen atoms in total. The fourth-order valence-electron chi connectivity index (χ4n) is 4.26. The van der Waals surface area contributed by atoms with Crippen molar-refractivity contribution in [2.45, 2.75) is 51.1 Å². The molecule has 41 heavy (non-hydrogen) atoms. The quantitative estimate of drug-likeness (QED) is 0.358. The lowest BCUT2D eigenvalue weighted by atomic mass is 9.97. The minimum atomic E-state index is -3.70. The molecule has 220 valence electrons. The van der Waals surface area contributed by atoms with E-state index in [0.717, 1.165) is 10.6 Å². The summed E-state index contributed by atoms with van der Waals surface area (Å²) in [7, 11) is -2.38. The summed E-state index contributed by atoms with van der Waals surface area (Å²) in [5, 5.41) is 10.4. The van der Waals surface area contributed by atoms with Gasteiger partial charge in [0.05, 0.1) is 29.9 Å². The second kappa shape index (κ2) is 12.1. The van der Waals surface area contributed by atoms with Gasteiger partial charge < -0.3 is 14.6 Å². The number of aromatic nitrogens is 2. The van der Waals surface area contributed by atoms with Crippen molar-refractivity contribution >= 4 is 22.0 Å². The van der Waals surface area contributed by atoms with E-state index in [0.29, 0.717) is 34.6 Å². The second-order valence-corrected chi connectivity index (χ2v) is 12.0. The van der Waals surface area contributed by atoms with E-state index in [-0.39, 0.29) is 24.7 Å². The smallest absolute Gasteiger partial charge is 0.239 e. The van der Waals surface area contributed by atoms with Crippen molar-refractivity contribution in [2.75, 3.05) is 17.6 Å². The first-order chi connectivity index (χ1) is 19.2. The molecule has 1 fully saturated rings. The molecule has 0 radical (unpaired) electrons. The number of benzene rings is 2. The summed E-state index contributed by atoms with van der Waals surface area (Å²) in [4.78, 5) is 8.99. The van der Waals surface area contributed by atoms with Gasteiger partial charge in [-0.05, 0) is 30.2 Å². The first-order valence-electron chi connectivity index (χ1n) is 12.7. The third-order valence-electron chi connectivity index (χ3n) is 6.39. The van der Waals surface area contributed by atoms with Crippen LogP contribution < -0.4 is 9.04 Å². The highest BCUT2D eigenvalue weighted by atomic mass is 32.2. The molecule has 0 spiro atoms. The number of anilines is 1. The fraction of sp³-hybridized carbons (Fsp3) is 0.357. The third-order valence-corrected chi connectivity index (χ3v) is 7.55. The highest BCUT2D eigenvalue weighted by Crippen LogP contribution is 2.33. The van der Waals surface area contributed by atoms with Crippen LogP contribution in [0.5, 0.6) is 5.75 Å². The second-order valence-electron chi connectivity index (χ2n) is 9.97. The summed E-state index contributed by atoms with van der Waals surface area (Å²) in [6.45, 7) is 3.71. The van der Waals surface area contributed by atoms with Gasteiger partial charge in [-0.2, -0.15) is 0 Å². The number of hydrogen-bond donors (Lipinski definition) is 1. The Bertz CT molecular complexity index is 1530. The highest BCUT2D eigenvalue weighted by Gasteiger charge is 2.30. The Balaban J connectivity index is 1.72. The van der Waals surface area contributed by atoms with E-state index in [1.165, 1.54) is 31.3 Å². The van der Waals surface area contributed by atoms with Crippen molar-refractivity contribution in [3.05, 3.63) is 77.0 Å². The lowest BCUT2D eigenvalue weighted by Crippen LogP contribution is -2.38. The zero-order valence-electron chi connectivity index (χ0n) is 22.7. The predicted molar refractivity (Wildman–Crippen MR) is 145 cm³/mol. The van der Waals surface area contributed by atoms with Gasteiger partial charge in [-0.25, -0.2) is 40.3 Å². The molecule has 1 aliphatic rings. The summed E-state index contributed by atoms with van der Waals surface area (Å²) < 4.78 is 91.8. The van der Waals surface area contributed by atoms with E-state index < -0.39 is 57.5 Å². The normalized spacial score (nSPS) is 19.6. The molecule has 3 unspecified atom stereocenters. The van der Waals surface area contributed by atoms with Gasteiger partial charge in [0.15, 0.2) is 17.4 Å². The van der Waals surface area contributed by atoms with Crippen LogP contribution in [0, 0.1) is 23.3 Å². The molecule has 4 rings (SSSR count). The minimum Gasteiger partial charge on any atom is -0.459 e. The van der Waals surface area contributed by atoms with E-state index in [2.05, 4.69) is 9.97 Å². The Hall–Kier alpha value is -3.55. The maximum Gasteiger partial charge on any atom is 0.239 e. The first kappa shape index (κ1) is 30.4. The Morgan fingerprint density at radius 3 is 2.27 bits per heavy atom. The minimum absolute atomic E-state index is 0.0752. The zero-order chi connectivity index (χ0) is 30.1. The van der Waals surface area contributed by atoms with Gasteiger partial charge in [-0.3, -0.25) is 0 Å². The van der Waals surface area contributed by atoms with Gasteiger partial charge in [0.1, 0.15) is 11.6 Å². The number of ether oxygens (including phenoxy) is 2. The number of sulfonamides is 1. The van der Waals surface area contributed by atoms with E-state index >= 15 is 0 Å². The molecule has 0 aliphatic carbocycles. The van der Waals surface area contributed by atoms with Crippen molar-refractivity contribution in [3.63, 3.8) is 0 Å². The zero-order valence-corrected chi connectivity index (χ0v) is 23.5. The molecule has 0 saturated carbocycles. The molecule has 0 amide bonds. The molecular formula is C28H29F4N3O5S. The van der Waals surface area contributed by atoms with Gasteiger partial charge in [-0.15, -0.1) is 0 Å². The molecule has 1 N–H and O–H groups in total. The van der Waals surface area contributed by atoms with Crippen LogP contribution in [0.1, 0.15) is 43.9 Å². The summed E-state index contributed by atoms with van der Waals surface area (Å²) in [6, 6.07) is 6.45. The van der Waals surface area contributed by atoms with Crippen LogP contribution >= 0.6 is 0 Å². The largest absolute Gasteiger partial charge is 0.459 e. The Morgan fingerprint density at radius 2 is 1.68 bits per heavy atom. The molecule has 13 heteroatoms. The summed E-state index contributed by atoms with van der Waals surface area (Å²) in [5.74, 6) is -5.18. The van der Waals surface area contributed by atoms with Crippen molar-refractivity contribution in [1.82, 2.24) is 9.97 Å². The number of nitrogens with zero attached hydrogens (tertiary/aromatic N) is 3. The molecule has 2 aromatic carbocycles. The Labute approximate surface area is 235 Å². The van der Waals surface area contributed by atoms with Crippen LogP contribution in [0.4, 0.5) is 23.5 Å². The highest BCUT2D eigenvalue weighted by molar-refractivity contribution is 7.92. The van der Waals surface area contributed by atoms with Gasteiger partial charge >= 0.3 is 0 Å². The predicted octanol–water partition coefficient (Wildman–Crippen LogP) is 5.18. The number of rotatable bonds is 8. The molecule has 2 heterocycles. The monoisotopic (exact) mass is 595 g/mol. The lowest BCUT2D eigenvalue weighted by Gasteiger charge is -2.32. The third kappa shape index (κ3) is 7.21. The molecular weight excluding hydrogens is 566 g/mol. The average Bonchev–Trinajstić information content (AvgIpc) is 2.88. The molecule has 1 saturated heterocycles. The fourth-order valence-corrected chi connectivity index (χ4v) is 4.64. The van der Waals surface area contributed by atoms with Crippen molar-refractivity contribution < 1.29 is 40.6 Å². The molecule has 1 aromatic heterocycles.